The number of primary amides is 1. The van der Waals surface area contributed by atoms with Crippen LogP contribution in [0.3, 0.4) is 0 Å². The number of hydrogen-bond acceptors (Lipinski definition) is 3. The largest absolute Gasteiger partial charge is 0.352 e. The molecule has 2 amide bonds. The molecule has 6 heteroatoms. The highest BCUT2D eigenvalue weighted by molar-refractivity contribution is 5.98. The number of nitrogens with two attached hydrogens (primary N) is 1. The van der Waals surface area contributed by atoms with E-state index in [1.54, 1.807) is 6.07 Å². The Morgan fingerprint density at radius 1 is 1.26 bits per heavy atom. The lowest BCUT2D eigenvalue weighted by Crippen LogP contribution is -2.42. The van der Waals surface area contributed by atoms with Gasteiger partial charge < -0.3 is 20.9 Å². The van der Waals surface area contributed by atoms with Gasteiger partial charge in [0.2, 0.25) is 0 Å². The molecular formula is C17H25N5O. The molecule has 0 aromatic heterocycles. The van der Waals surface area contributed by atoms with Crippen molar-refractivity contribution in [2.75, 3.05) is 31.5 Å². The Labute approximate surface area is 137 Å². The van der Waals surface area contributed by atoms with Crippen LogP contribution < -0.4 is 11.1 Å². The van der Waals surface area contributed by atoms with Crippen LogP contribution in [-0.4, -0.2) is 53.9 Å². The van der Waals surface area contributed by atoms with Crippen molar-refractivity contribution >= 4 is 17.6 Å². The normalized spacial score (nSPS) is 21.6. The summed E-state index contributed by atoms with van der Waals surface area (Å²) in [7, 11) is 0. The van der Waals surface area contributed by atoms with Crippen molar-refractivity contribution in [1.82, 2.24) is 9.80 Å². The molecular weight excluding hydrogens is 290 g/mol. The molecule has 2 saturated heterocycles. The van der Waals surface area contributed by atoms with Crippen LogP contribution in [-0.2, 0) is 0 Å². The number of amidine groups is 1. The molecule has 1 unspecified atom stereocenters. The van der Waals surface area contributed by atoms with Crippen LogP contribution in [0.1, 0.15) is 31.2 Å². The number of carbonyl (C=O) groups excluding carboxylic acids is 1. The minimum atomic E-state index is -0.582. The smallest absolute Gasteiger partial charge is 0.316 e. The topological polar surface area (TPSA) is 85.4 Å². The van der Waals surface area contributed by atoms with E-state index in [0.29, 0.717) is 17.6 Å². The summed E-state index contributed by atoms with van der Waals surface area (Å²) in [5.41, 5.74) is 6.62. The second kappa shape index (κ2) is 7.00. The van der Waals surface area contributed by atoms with E-state index in [4.69, 9.17) is 11.1 Å². The van der Waals surface area contributed by atoms with Crippen molar-refractivity contribution < 1.29 is 4.79 Å². The van der Waals surface area contributed by atoms with Crippen LogP contribution >= 0.6 is 0 Å². The number of amides is 2. The average Bonchev–Trinajstić information content (AvgIpc) is 3.18. The van der Waals surface area contributed by atoms with Gasteiger partial charge in [-0.15, -0.1) is 0 Å². The first-order valence-electron chi connectivity index (χ1n) is 8.38. The Morgan fingerprint density at radius 3 is 2.78 bits per heavy atom. The van der Waals surface area contributed by atoms with Gasteiger partial charge in [-0.25, -0.2) is 4.79 Å². The standard InChI is InChI=1S/C17H25N5O/c18-16(13-5-3-6-14(11-13)20-17(19)23)22-10-4-7-15(22)12-21-8-1-2-9-21/h3,5-6,11,15,18H,1-2,4,7-10,12H2,(H3,19,20,23). The zero-order valence-corrected chi connectivity index (χ0v) is 13.4. The highest BCUT2D eigenvalue weighted by Gasteiger charge is 2.29. The van der Waals surface area contributed by atoms with Crippen molar-refractivity contribution in [3.8, 4) is 0 Å². The Kier molecular flexibility index (Phi) is 4.81. The van der Waals surface area contributed by atoms with Gasteiger partial charge in [-0.1, -0.05) is 12.1 Å². The van der Waals surface area contributed by atoms with Gasteiger partial charge in [-0.05, 0) is 50.9 Å². The van der Waals surface area contributed by atoms with E-state index in [1.807, 2.05) is 18.2 Å². The highest BCUT2D eigenvalue weighted by atomic mass is 16.2. The average molecular weight is 315 g/mol. The van der Waals surface area contributed by atoms with Gasteiger partial charge >= 0.3 is 6.03 Å². The zero-order valence-electron chi connectivity index (χ0n) is 13.4. The SMILES string of the molecule is N=C(c1cccc(NC(N)=O)c1)N1CCCC1CN1CCCC1. The fourth-order valence-electron chi connectivity index (χ4n) is 3.64. The van der Waals surface area contributed by atoms with Crippen molar-refractivity contribution in [3.05, 3.63) is 29.8 Å². The number of anilines is 1. The summed E-state index contributed by atoms with van der Waals surface area (Å²) in [4.78, 5) is 15.7. The van der Waals surface area contributed by atoms with E-state index in [2.05, 4.69) is 15.1 Å². The van der Waals surface area contributed by atoms with Crippen LogP contribution in [0.5, 0.6) is 0 Å². The number of nitrogens with one attached hydrogen (secondary N) is 2. The second-order valence-electron chi connectivity index (χ2n) is 6.42. The monoisotopic (exact) mass is 315 g/mol. The number of nitrogens with zero attached hydrogens (tertiary/aromatic N) is 2. The zero-order chi connectivity index (χ0) is 16.2. The van der Waals surface area contributed by atoms with Crippen molar-refractivity contribution in [3.63, 3.8) is 0 Å². The first-order valence-corrected chi connectivity index (χ1v) is 8.38. The molecule has 124 valence electrons. The van der Waals surface area contributed by atoms with E-state index < -0.39 is 6.03 Å². The second-order valence-corrected chi connectivity index (χ2v) is 6.42. The summed E-state index contributed by atoms with van der Waals surface area (Å²) >= 11 is 0. The maximum absolute atomic E-state index is 11.0. The maximum atomic E-state index is 11.0. The third-order valence-corrected chi connectivity index (χ3v) is 4.74. The molecule has 2 heterocycles. The highest BCUT2D eigenvalue weighted by Crippen LogP contribution is 2.23. The Bertz CT molecular complexity index is 582. The number of likely N-dealkylation sites (tertiary alicyclic amines) is 2. The molecule has 0 aliphatic carbocycles. The summed E-state index contributed by atoms with van der Waals surface area (Å²) in [5.74, 6) is 0.541. The molecule has 1 aromatic carbocycles. The fraction of sp³-hybridized carbons (Fsp3) is 0.529. The molecule has 0 bridgehead atoms. The van der Waals surface area contributed by atoms with Crippen LogP contribution in [0.25, 0.3) is 0 Å². The molecule has 0 spiro atoms. The van der Waals surface area contributed by atoms with Crippen molar-refractivity contribution in [2.24, 2.45) is 5.73 Å². The Hall–Kier alpha value is -2.08. The number of carbonyl (C=O) groups is 1. The Balaban J connectivity index is 1.69. The summed E-state index contributed by atoms with van der Waals surface area (Å²) < 4.78 is 0. The molecule has 6 nitrogen and oxygen atoms in total. The van der Waals surface area contributed by atoms with E-state index in [9.17, 15) is 4.79 Å². The molecule has 23 heavy (non-hydrogen) atoms. The van der Waals surface area contributed by atoms with Gasteiger partial charge in [0.1, 0.15) is 5.84 Å². The van der Waals surface area contributed by atoms with Gasteiger partial charge in [0.15, 0.2) is 0 Å². The summed E-state index contributed by atoms with van der Waals surface area (Å²) in [6, 6.07) is 7.21. The van der Waals surface area contributed by atoms with E-state index in [-0.39, 0.29) is 0 Å². The molecule has 4 N–H and O–H groups in total. The number of urea groups is 1. The maximum Gasteiger partial charge on any atom is 0.316 e. The van der Waals surface area contributed by atoms with Gasteiger partial charge in [0.05, 0.1) is 0 Å². The minimum Gasteiger partial charge on any atom is -0.352 e. The summed E-state index contributed by atoms with van der Waals surface area (Å²) in [6.45, 7) is 4.37. The summed E-state index contributed by atoms with van der Waals surface area (Å²) in [6.07, 6.45) is 4.88. The molecule has 1 aromatic rings. The predicted octanol–water partition coefficient (Wildman–Crippen LogP) is 2.06. The molecule has 3 rings (SSSR count). The lowest BCUT2D eigenvalue weighted by molar-refractivity contribution is 0.252. The third-order valence-electron chi connectivity index (χ3n) is 4.74. The van der Waals surface area contributed by atoms with E-state index >= 15 is 0 Å². The predicted molar refractivity (Wildman–Crippen MR) is 91.9 cm³/mol. The lowest BCUT2D eigenvalue weighted by atomic mass is 10.1. The first-order chi connectivity index (χ1) is 11.1. The first kappa shape index (κ1) is 15.8. The van der Waals surface area contributed by atoms with Gasteiger partial charge in [-0.2, -0.15) is 0 Å². The van der Waals surface area contributed by atoms with Crippen molar-refractivity contribution in [1.29, 1.82) is 5.41 Å². The van der Waals surface area contributed by atoms with E-state index in [1.165, 1.54) is 25.9 Å². The molecule has 0 radical (unpaired) electrons. The van der Waals surface area contributed by atoms with Crippen LogP contribution in [0, 0.1) is 5.41 Å². The molecule has 2 aliphatic heterocycles. The molecule has 1 atom stereocenters. The van der Waals surface area contributed by atoms with Crippen LogP contribution in [0.4, 0.5) is 10.5 Å². The summed E-state index contributed by atoms with van der Waals surface area (Å²) in [5, 5.41) is 11.2. The van der Waals surface area contributed by atoms with Gasteiger partial charge in [0.25, 0.3) is 0 Å². The fourth-order valence-corrected chi connectivity index (χ4v) is 3.64. The quantitative estimate of drug-likeness (QED) is 0.587. The third kappa shape index (κ3) is 3.82. The van der Waals surface area contributed by atoms with Crippen LogP contribution in [0.2, 0.25) is 0 Å². The lowest BCUT2D eigenvalue weighted by Gasteiger charge is -2.30. The Morgan fingerprint density at radius 2 is 2.04 bits per heavy atom. The minimum absolute atomic E-state index is 0.424. The van der Waals surface area contributed by atoms with Crippen molar-refractivity contribution in [2.45, 2.75) is 31.7 Å². The number of rotatable bonds is 4. The molecule has 2 aliphatic rings. The van der Waals surface area contributed by atoms with Gasteiger partial charge in [0, 0.05) is 30.4 Å². The molecule has 2 fully saturated rings. The van der Waals surface area contributed by atoms with Crippen LogP contribution in [0.15, 0.2) is 24.3 Å². The van der Waals surface area contributed by atoms with Gasteiger partial charge in [-0.3, -0.25) is 5.41 Å². The number of hydrogen-bond donors (Lipinski definition) is 3. The molecule has 0 saturated carbocycles. The number of benzene rings is 1. The van der Waals surface area contributed by atoms with E-state index in [0.717, 1.165) is 31.5 Å².